The predicted molar refractivity (Wildman–Crippen MR) is 79.2 cm³/mol. The first-order valence-electron chi connectivity index (χ1n) is 5.93. The normalized spacial score (nSPS) is 10.8. The fourth-order valence-corrected chi connectivity index (χ4v) is 2.54. The fourth-order valence-electron chi connectivity index (χ4n) is 2.10. The van der Waals surface area contributed by atoms with Crippen LogP contribution in [0, 0.1) is 0 Å². The van der Waals surface area contributed by atoms with E-state index in [1.807, 2.05) is 48.5 Å². The molecular formula is C15H11BrN2O. The molecule has 0 amide bonds. The van der Waals surface area contributed by atoms with Gasteiger partial charge in [0, 0.05) is 4.47 Å². The molecule has 3 nitrogen and oxygen atoms in total. The van der Waals surface area contributed by atoms with E-state index in [1.165, 1.54) is 6.20 Å². The average Bonchev–Trinajstić information content (AvgIpc) is 2.42. The number of benzene rings is 2. The van der Waals surface area contributed by atoms with Gasteiger partial charge in [-0.1, -0.05) is 40.2 Å². The van der Waals surface area contributed by atoms with Crippen LogP contribution in [0.25, 0.3) is 11.0 Å². The van der Waals surface area contributed by atoms with Crippen molar-refractivity contribution in [2.45, 2.75) is 6.54 Å². The second kappa shape index (κ2) is 4.97. The highest BCUT2D eigenvalue weighted by Gasteiger charge is 2.04. The van der Waals surface area contributed by atoms with Gasteiger partial charge in [0.1, 0.15) is 0 Å². The molecule has 3 rings (SSSR count). The van der Waals surface area contributed by atoms with E-state index >= 15 is 0 Å². The summed E-state index contributed by atoms with van der Waals surface area (Å²) in [6.45, 7) is 0.543. The quantitative estimate of drug-likeness (QED) is 0.728. The molecule has 0 saturated carbocycles. The molecular weight excluding hydrogens is 304 g/mol. The lowest BCUT2D eigenvalue weighted by Gasteiger charge is -2.09. The van der Waals surface area contributed by atoms with Gasteiger partial charge < -0.3 is 4.57 Å². The molecule has 0 saturated heterocycles. The van der Waals surface area contributed by atoms with E-state index in [0.717, 1.165) is 21.1 Å². The predicted octanol–water partition coefficient (Wildman–Crippen LogP) is 3.21. The van der Waals surface area contributed by atoms with E-state index in [4.69, 9.17) is 0 Å². The van der Waals surface area contributed by atoms with Crippen molar-refractivity contribution < 1.29 is 0 Å². The van der Waals surface area contributed by atoms with E-state index in [2.05, 4.69) is 20.9 Å². The summed E-state index contributed by atoms with van der Waals surface area (Å²) >= 11 is 3.44. The molecule has 0 spiro atoms. The largest absolute Gasteiger partial charge is 0.301 e. The Morgan fingerprint density at radius 2 is 1.95 bits per heavy atom. The Morgan fingerprint density at radius 1 is 1.11 bits per heavy atom. The first-order valence-corrected chi connectivity index (χ1v) is 6.72. The number of para-hydroxylation sites is 2. The highest BCUT2D eigenvalue weighted by molar-refractivity contribution is 9.10. The van der Waals surface area contributed by atoms with Crippen molar-refractivity contribution >= 4 is 27.0 Å². The Balaban J connectivity index is 2.14. The number of halogens is 1. The Hall–Kier alpha value is -1.94. The van der Waals surface area contributed by atoms with Crippen molar-refractivity contribution in [1.29, 1.82) is 0 Å². The van der Waals surface area contributed by atoms with Gasteiger partial charge in [-0.25, -0.2) is 4.98 Å². The smallest absolute Gasteiger partial charge is 0.269 e. The second-order valence-corrected chi connectivity index (χ2v) is 5.22. The summed E-state index contributed by atoms with van der Waals surface area (Å²) in [4.78, 5) is 16.2. The third-order valence-corrected chi connectivity index (χ3v) is 3.48. The number of hydrogen-bond donors (Lipinski definition) is 0. The van der Waals surface area contributed by atoms with Crippen molar-refractivity contribution in [2.24, 2.45) is 0 Å². The lowest BCUT2D eigenvalue weighted by atomic mass is 10.2. The molecule has 0 aliphatic heterocycles. The van der Waals surface area contributed by atoms with Crippen molar-refractivity contribution in [3.05, 3.63) is 75.1 Å². The first kappa shape index (κ1) is 12.1. The standard InChI is InChI=1S/C15H11BrN2O/c16-12-5-3-4-11(8-12)10-18-14-7-2-1-6-13(14)17-9-15(18)19/h1-9H,10H2. The molecule has 4 heteroatoms. The Bertz CT molecular complexity index is 795. The van der Waals surface area contributed by atoms with Gasteiger partial charge in [-0.05, 0) is 29.8 Å². The molecule has 3 aromatic rings. The van der Waals surface area contributed by atoms with Gasteiger partial charge in [-0.15, -0.1) is 0 Å². The molecule has 1 heterocycles. The highest BCUT2D eigenvalue weighted by atomic mass is 79.9. The summed E-state index contributed by atoms with van der Waals surface area (Å²) < 4.78 is 2.75. The number of aromatic nitrogens is 2. The molecule has 19 heavy (non-hydrogen) atoms. The van der Waals surface area contributed by atoms with Crippen LogP contribution in [0.3, 0.4) is 0 Å². The van der Waals surface area contributed by atoms with Gasteiger partial charge in [0.15, 0.2) is 0 Å². The molecule has 1 aromatic heterocycles. The number of fused-ring (bicyclic) bond motifs is 1. The van der Waals surface area contributed by atoms with E-state index < -0.39 is 0 Å². The molecule has 94 valence electrons. The summed E-state index contributed by atoms with van der Waals surface area (Å²) in [5, 5.41) is 0. The van der Waals surface area contributed by atoms with Gasteiger partial charge in [-0.2, -0.15) is 0 Å². The first-order chi connectivity index (χ1) is 9.24. The van der Waals surface area contributed by atoms with Crippen LogP contribution in [0.2, 0.25) is 0 Å². The van der Waals surface area contributed by atoms with Crippen LogP contribution in [0.15, 0.2) is 64.0 Å². The van der Waals surface area contributed by atoms with Crippen LogP contribution in [-0.4, -0.2) is 9.55 Å². The summed E-state index contributed by atoms with van der Waals surface area (Å²) in [6, 6.07) is 15.6. The highest BCUT2D eigenvalue weighted by Crippen LogP contribution is 2.14. The Morgan fingerprint density at radius 3 is 2.79 bits per heavy atom. The minimum atomic E-state index is -0.0846. The van der Waals surface area contributed by atoms with E-state index in [9.17, 15) is 4.79 Å². The van der Waals surface area contributed by atoms with E-state index in [1.54, 1.807) is 4.57 Å². The number of nitrogens with zero attached hydrogens (tertiary/aromatic N) is 2. The molecule has 0 unspecified atom stereocenters. The monoisotopic (exact) mass is 314 g/mol. The van der Waals surface area contributed by atoms with Crippen molar-refractivity contribution in [3.63, 3.8) is 0 Å². The minimum absolute atomic E-state index is 0.0846. The third kappa shape index (κ3) is 2.44. The summed E-state index contributed by atoms with van der Waals surface area (Å²) in [7, 11) is 0. The molecule has 0 bridgehead atoms. The van der Waals surface area contributed by atoms with E-state index in [0.29, 0.717) is 6.54 Å². The van der Waals surface area contributed by atoms with Crippen LogP contribution in [0.4, 0.5) is 0 Å². The zero-order valence-corrected chi connectivity index (χ0v) is 11.7. The molecule has 0 atom stereocenters. The van der Waals surface area contributed by atoms with E-state index in [-0.39, 0.29) is 5.56 Å². The third-order valence-electron chi connectivity index (χ3n) is 2.98. The van der Waals surface area contributed by atoms with Crippen LogP contribution in [-0.2, 0) is 6.54 Å². The Labute approximate surface area is 118 Å². The van der Waals surface area contributed by atoms with Crippen molar-refractivity contribution in [2.75, 3.05) is 0 Å². The van der Waals surface area contributed by atoms with Gasteiger partial charge in [0.2, 0.25) is 0 Å². The van der Waals surface area contributed by atoms with Gasteiger partial charge >= 0.3 is 0 Å². The second-order valence-electron chi connectivity index (χ2n) is 4.30. The topological polar surface area (TPSA) is 34.9 Å². The Kier molecular flexibility index (Phi) is 3.17. The maximum atomic E-state index is 12.0. The molecule has 2 aromatic carbocycles. The molecule has 0 radical (unpaired) electrons. The van der Waals surface area contributed by atoms with Gasteiger partial charge in [-0.3, -0.25) is 4.79 Å². The van der Waals surface area contributed by atoms with Crippen LogP contribution < -0.4 is 5.56 Å². The summed E-state index contributed by atoms with van der Waals surface area (Å²) in [5.74, 6) is 0. The molecule has 0 fully saturated rings. The molecule has 0 N–H and O–H groups in total. The zero-order valence-electron chi connectivity index (χ0n) is 10.1. The summed E-state index contributed by atoms with van der Waals surface area (Å²) in [5.41, 5.74) is 2.68. The summed E-state index contributed by atoms with van der Waals surface area (Å²) in [6.07, 6.45) is 1.38. The van der Waals surface area contributed by atoms with Crippen LogP contribution in [0.5, 0.6) is 0 Å². The number of rotatable bonds is 2. The van der Waals surface area contributed by atoms with Crippen molar-refractivity contribution in [3.8, 4) is 0 Å². The number of hydrogen-bond acceptors (Lipinski definition) is 2. The maximum Gasteiger partial charge on any atom is 0.269 e. The lowest BCUT2D eigenvalue weighted by molar-refractivity contribution is 0.786. The minimum Gasteiger partial charge on any atom is -0.301 e. The molecule has 0 aliphatic rings. The molecule has 0 aliphatic carbocycles. The van der Waals surface area contributed by atoms with Gasteiger partial charge in [0.25, 0.3) is 5.56 Å². The maximum absolute atomic E-state index is 12.0. The lowest BCUT2D eigenvalue weighted by Crippen LogP contribution is -2.21. The van der Waals surface area contributed by atoms with Crippen LogP contribution >= 0.6 is 15.9 Å². The van der Waals surface area contributed by atoms with Crippen molar-refractivity contribution in [1.82, 2.24) is 9.55 Å². The average molecular weight is 315 g/mol. The van der Waals surface area contributed by atoms with Gasteiger partial charge in [0.05, 0.1) is 23.8 Å². The fraction of sp³-hybridized carbons (Fsp3) is 0.0667. The zero-order chi connectivity index (χ0) is 13.2. The van der Waals surface area contributed by atoms with Crippen LogP contribution in [0.1, 0.15) is 5.56 Å². The SMILES string of the molecule is O=c1cnc2ccccc2n1Cc1cccc(Br)c1.